The van der Waals surface area contributed by atoms with Gasteiger partial charge in [0, 0.05) is 74.3 Å². The van der Waals surface area contributed by atoms with Gasteiger partial charge in [-0.05, 0) is 95.0 Å². The second kappa shape index (κ2) is 24.1. The van der Waals surface area contributed by atoms with Crippen LogP contribution in [0, 0.1) is 37.0 Å². The van der Waals surface area contributed by atoms with Crippen molar-refractivity contribution < 1.29 is 38.2 Å². The first-order valence-electron chi connectivity index (χ1n) is 23.1. The van der Waals surface area contributed by atoms with Crippen LogP contribution in [0.5, 0.6) is 11.5 Å². The fourth-order valence-electron chi connectivity index (χ4n) is 8.27. The Bertz CT molecular complexity index is 2470. The van der Waals surface area contributed by atoms with Crippen LogP contribution in [0.3, 0.4) is 0 Å². The lowest BCUT2D eigenvalue weighted by atomic mass is 9.88. The van der Waals surface area contributed by atoms with Crippen molar-refractivity contribution in [3.63, 3.8) is 0 Å². The summed E-state index contributed by atoms with van der Waals surface area (Å²) in [6, 6.07) is 17.9. The number of hydrogen-bond acceptors (Lipinski definition) is 14. The van der Waals surface area contributed by atoms with Gasteiger partial charge in [-0.2, -0.15) is 5.26 Å². The van der Waals surface area contributed by atoms with Crippen LogP contribution in [-0.4, -0.2) is 95.6 Å². The molecule has 5 rings (SSSR count). The van der Waals surface area contributed by atoms with Crippen molar-refractivity contribution in [3.8, 4) is 40.1 Å². The standard InChI is InChI=1S/C52H66N8O8/c1-31-25-44(63)48(60(7)51(65)38(18-20-54)29-43(62)47-32(2)57-49(58-33(47)3)36-13-10-34(11-14-36)30-68-52(4,5)6)37-15-17-46(67-24-22-56)40(28-37)39-26-35(12-16-45(39)66-23-21-55)27-41(59-50(31)64)42(61)9-8-19-53/h10-17,26,28,31,38,41,48H,8-9,18,20-25,27,29-30,54-56H2,1-7H3,(H,59,64)/t31-,38-,41+,48+/m1/s1. The van der Waals surface area contributed by atoms with Crippen LogP contribution >= 0.6 is 0 Å². The molecule has 2 heterocycles. The molecule has 0 aliphatic carbocycles. The topological polar surface area (TPSA) is 256 Å². The van der Waals surface area contributed by atoms with E-state index in [9.17, 15) is 29.2 Å². The van der Waals surface area contributed by atoms with Gasteiger partial charge in [-0.15, -0.1) is 0 Å². The molecule has 68 heavy (non-hydrogen) atoms. The molecule has 0 fully saturated rings. The van der Waals surface area contributed by atoms with Crippen molar-refractivity contribution in [2.75, 3.05) is 39.9 Å². The number of hydrogen-bond donors (Lipinski definition) is 4. The predicted octanol–water partition coefficient (Wildman–Crippen LogP) is 5.66. The Labute approximate surface area is 399 Å². The van der Waals surface area contributed by atoms with Gasteiger partial charge in [0.15, 0.2) is 23.2 Å². The summed E-state index contributed by atoms with van der Waals surface area (Å²) in [5.74, 6) is -2.77. The molecule has 1 aliphatic heterocycles. The van der Waals surface area contributed by atoms with Gasteiger partial charge >= 0.3 is 0 Å². The lowest BCUT2D eigenvalue weighted by Crippen LogP contribution is -2.46. The van der Waals surface area contributed by atoms with E-state index in [-0.39, 0.29) is 88.5 Å². The number of nitriles is 1. The summed E-state index contributed by atoms with van der Waals surface area (Å²) in [6.45, 7) is 12.3. The highest BCUT2D eigenvalue weighted by molar-refractivity contribution is 6.01. The van der Waals surface area contributed by atoms with Crippen molar-refractivity contribution in [2.45, 2.75) is 104 Å². The van der Waals surface area contributed by atoms with Gasteiger partial charge < -0.3 is 41.6 Å². The number of amides is 2. The molecule has 0 saturated heterocycles. The molecule has 16 nitrogen and oxygen atoms in total. The molecule has 0 unspecified atom stereocenters. The molecule has 0 saturated carbocycles. The molecule has 2 amide bonds. The maximum atomic E-state index is 14.8. The quantitative estimate of drug-likeness (QED) is 0.0828. The van der Waals surface area contributed by atoms with Crippen LogP contribution < -0.4 is 32.0 Å². The molecular formula is C52H66N8O8. The average Bonchev–Trinajstić information content (AvgIpc) is 3.30. The highest BCUT2D eigenvalue weighted by Gasteiger charge is 2.36. The smallest absolute Gasteiger partial charge is 0.226 e. The zero-order valence-corrected chi connectivity index (χ0v) is 40.4. The molecule has 7 N–H and O–H groups in total. The Morgan fingerprint density at radius 2 is 1.50 bits per heavy atom. The summed E-state index contributed by atoms with van der Waals surface area (Å²) < 4.78 is 18.2. The molecular weight excluding hydrogens is 865 g/mol. The predicted molar refractivity (Wildman–Crippen MR) is 258 cm³/mol. The van der Waals surface area contributed by atoms with E-state index in [1.807, 2.05) is 57.2 Å². The molecule has 3 aromatic carbocycles. The van der Waals surface area contributed by atoms with E-state index in [2.05, 4.69) is 5.32 Å². The number of nitrogens with zero attached hydrogens (tertiary/aromatic N) is 4. The van der Waals surface area contributed by atoms with Gasteiger partial charge in [0.2, 0.25) is 11.8 Å². The number of benzene rings is 3. The molecule has 0 spiro atoms. The number of fused-ring (bicyclic) bond motifs is 5. The fraction of sp³-hybridized carbons (Fsp3) is 0.462. The Balaban J connectivity index is 1.54. The van der Waals surface area contributed by atoms with Crippen LogP contribution in [0.4, 0.5) is 0 Å². The first-order chi connectivity index (χ1) is 32.4. The average molecular weight is 931 g/mol. The van der Waals surface area contributed by atoms with Crippen molar-refractivity contribution in [3.05, 3.63) is 94.3 Å². The summed E-state index contributed by atoms with van der Waals surface area (Å²) in [5, 5.41) is 12.1. The SMILES string of the molecule is Cc1nc(-c2ccc(COC(C)(C)C)cc2)nc(C)c1C(=O)C[C@@H](CCN)C(=O)N(C)[C@@H]1C(=O)C[C@@H](C)C(=O)N[C@H](C(=O)CCC#N)Cc2ccc(OCCN)c(c2)-c2cc1ccc2OCCN. The Morgan fingerprint density at radius 3 is 2.09 bits per heavy atom. The second-order valence-corrected chi connectivity index (χ2v) is 18.3. The third-order valence-corrected chi connectivity index (χ3v) is 11.8. The summed E-state index contributed by atoms with van der Waals surface area (Å²) >= 11 is 0. The van der Waals surface area contributed by atoms with E-state index in [1.165, 1.54) is 11.9 Å². The summed E-state index contributed by atoms with van der Waals surface area (Å²) in [4.78, 5) is 81.9. The van der Waals surface area contributed by atoms with Crippen LogP contribution in [0.1, 0.15) is 104 Å². The minimum absolute atomic E-state index is 0.0347. The normalized spacial score (nSPS) is 16.8. The molecule has 362 valence electrons. The summed E-state index contributed by atoms with van der Waals surface area (Å²) in [7, 11) is 1.50. The van der Waals surface area contributed by atoms with Crippen LogP contribution in [0.25, 0.3) is 22.5 Å². The first-order valence-corrected chi connectivity index (χ1v) is 23.1. The lowest BCUT2D eigenvalue weighted by Gasteiger charge is -2.32. The molecule has 0 radical (unpaired) electrons. The number of rotatable bonds is 19. The highest BCUT2D eigenvalue weighted by Crippen LogP contribution is 2.41. The number of nitrogens with two attached hydrogens (primary N) is 3. The van der Waals surface area contributed by atoms with E-state index < -0.39 is 41.5 Å². The van der Waals surface area contributed by atoms with E-state index >= 15 is 0 Å². The molecule has 16 heteroatoms. The molecule has 4 bridgehead atoms. The molecule has 4 atom stereocenters. The van der Waals surface area contributed by atoms with Crippen molar-refractivity contribution in [2.24, 2.45) is 29.0 Å². The van der Waals surface area contributed by atoms with Crippen LogP contribution in [-0.2, 0) is 36.9 Å². The minimum atomic E-state index is -1.25. The molecule has 1 aromatic heterocycles. The fourth-order valence-corrected chi connectivity index (χ4v) is 8.27. The lowest BCUT2D eigenvalue weighted by molar-refractivity contribution is -0.142. The van der Waals surface area contributed by atoms with E-state index in [0.717, 1.165) is 11.1 Å². The number of likely N-dealkylation sites (N-methyl/N-ethyl adjacent to an activating group) is 1. The van der Waals surface area contributed by atoms with Crippen molar-refractivity contribution >= 4 is 29.2 Å². The van der Waals surface area contributed by atoms with E-state index in [0.29, 0.717) is 63.1 Å². The van der Waals surface area contributed by atoms with E-state index in [4.69, 9.17) is 41.4 Å². The number of aryl methyl sites for hydroxylation is 2. The number of ketones is 3. The zero-order valence-electron chi connectivity index (χ0n) is 40.4. The second-order valence-electron chi connectivity index (χ2n) is 18.3. The van der Waals surface area contributed by atoms with Crippen molar-refractivity contribution in [1.82, 2.24) is 20.2 Å². The first kappa shape index (κ1) is 52.6. The maximum Gasteiger partial charge on any atom is 0.226 e. The Morgan fingerprint density at radius 1 is 0.882 bits per heavy atom. The zero-order chi connectivity index (χ0) is 49.7. The maximum absolute atomic E-state index is 14.8. The highest BCUT2D eigenvalue weighted by atomic mass is 16.5. The van der Waals surface area contributed by atoms with E-state index in [1.54, 1.807) is 51.1 Å². The van der Waals surface area contributed by atoms with Crippen LogP contribution in [0.2, 0.25) is 0 Å². The number of nitrogens with one attached hydrogen (secondary N) is 1. The number of Topliss-reactive ketones (excluding diaryl/α,β-unsaturated/α-hetero) is 3. The summed E-state index contributed by atoms with van der Waals surface area (Å²) in [5.41, 5.74) is 22.6. The number of aromatic nitrogens is 2. The third-order valence-electron chi connectivity index (χ3n) is 11.8. The minimum Gasteiger partial charge on any atom is -0.492 e. The van der Waals surface area contributed by atoms with Gasteiger partial charge in [-0.3, -0.25) is 24.0 Å². The van der Waals surface area contributed by atoms with Crippen LogP contribution in [0.15, 0.2) is 60.7 Å². The van der Waals surface area contributed by atoms with Crippen molar-refractivity contribution in [1.29, 1.82) is 5.26 Å². The van der Waals surface area contributed by atoms with Gasteiger partial charge in [0.1, 0.15) is 30.8 Å². The largest absolute Gasteiger partial charge is 0.492 e. The number of ether oxygens (including phenoxy) is 3. The summed E-state index contributed by atoms with van der Waals surface area (Å²) in [6.07, 6.45) is -0.435. The third kappa shape index (κ3) is 13.6. The number of carbonyl (C=O) groups is 5. The van der Waals surface area contributed by atoms with Gasteiger partial charge in [-0.25, -0.2) is 9.97 Å². The van der Waals surface area contributed by atoms with Gasteiger partial charge in [0.25, 0.3) is 0 Å². The molecule has 4 aromatic rings. The Hall–Kier alpha value is -6.38. The Kier molecular flexibility index (Phi) is 18.6. The number of carbonyl (C=O) groups excluding carboxylic acids is 5. The monoisotopic (exact) mass is 931 g/mol. The van der Waals surface area contributed by atoms with Gasteiger partial charge in [-0.1, -0.05) is 43.3 Å². The molecule has 1 aliphatic rings. The van der Waals surface area contributed by atoms with Gasteiger partial charge in [0.05, 0.1) is 41.3 Å².